The largest absolute Gasteiger partial charge is 0.497 e. The molecule has 2 aromatic carbocycles. The maximum atomic E-state index is 13.0. The van der Waals surface area contributed by atoms with Gasteiger partial charge in [0.2, 0.25) is 10.0 Å². The van der Waals surface area contributed by atoms with Gasteiger partial charge in [-0.15, -0.1) is 11.3 Å². The first-order chi connectivity index (χ1) is 15.8. The molecule has 1 fully saturated rings. The van der Waals surface area contributed by atoms with E-state index in [4.69, 9.17) is 4.74 Å². The van der Waals surface area contributed by atoms with Gasteiger partial charge in [0.1, 0.15) is 5.75 Å². The van der Waals surface area contributed by atoms with Crippen molar-refractivity contribution in [2.24, 2.45) is 11.8 Å². The van der Waals surface area contributed by atoms with Gasteiger partial charge in [-0.1, -0.05) is 13.8 Å². The smallest absolute Gasteiger partial charge is 0.257 e. The van der Waals surface area contributed by atoms with E-state index in [0.717, 1.165) is 23.4 Å². The molecule has 1 aliphatic heterocycles. The molecule has 0 unspecified atom stereocenters. The van der Waals surface area contributed by atoms with E-state index in [0.29, 0.717) is 35.6 Å². The first kappa shape index (κ1) is 23.4. The molecule has 7 nitrogen and oxygen atoms in total. The number of hydrogen-bond donors (Lipinski definition) is 1. The number of aromatic nitrogens is 1. The Morgan fingerprint density at radius 3 is 2.30 bits per heavy atom. The molecule has 1 aromatic heterocycles. The number of carbonyl (C=O) groups is 1. The molecule has 9 heteroatoms. The summed E-state index contributed by atoms with van der Waals surface area (Å²) in [7, 11) is -1.97. The van der Waals surface area contributed by atoms with Crippen LogP contribution >= 0.6 is 11.3 Å². The third-order valence-electron chi connectivity index (χ3n) is 5.70. The topological polar surface area (TPSA) is 88.6 Å². The third-order valence-corrected chi connectivity index (χ3v) is 8.30. The van der Waals surface area contributed by atoms with Gasteiger partial charge in [0.05, 0.1) is 17.7 Å². The molecule has 33 heavy (non-hydrogen) atoms. The van der Waals surface area contributed by atoms with Crippen molar-refractivity contribution in [2.45, 2.75) is 25.2 Å². The Kier molecular flexibility index (Phi) is 6.83. The minimum atomic E-state index is -3.58. The lowest BCUT2D eigenvalue weighted by Crippen LogP contribution is -2.42. The van der Waals surface area contributed by atoms with Gasteiger partial charge in [0.25, 0.3) is 5.91 Å². The highest BCUT2D eigenvalue weighted by Gasteiger charge is 2.31. The molecule has 1 amide bonds. The number of carbonyl (C=O) groups excluding carboxylic acids is 1. The second-order valence-corrected chi connectivity index (χ2v) is 11.3. The SMILES string of the molecule is COc1ccc(-c2csc(NC(=O)c3ccc(S(=O)(=O)N4C[C@@H](C)C[C@H](C)C4)cc3)n2)cc1. The minimum Gasteiger partial charge on any atom is -0.497 e. The van der Waals surface area contributed by atoms with Crippen molar-refractivity contribution in [2.75, 3.05) is 25.5 Å². The lowest BCUT2D eigenvalue weighted by molar-refractivity contribution is 0.102. The monoisotopic (exact) mass is 485 g/mol. The number of hydrogen-bond acceptors (Lipinski definition) is 6. The van der Waals surface area contributed by atoms with E-state index in [2.05, 4.69) is 24.1 Å². The second kappa shape index (κ2) is 9.62. The molecule has 2 heterocycles. The lowest BCUT2D eigenvalue weighted by atomic mass is 9.94. The molecule has 0 saturated carbocycles. The number of amides is 1. The van der Waals surface area contributed by atoms with Crippen molar-refractivity contribution in [1.82, 2.24) is 9.29 Å². The number of sulfonamides is 1. The number of benzene rings is 2. The van der Waals surface area contributed by atoms with E-state index < -0.39 is 10.0 Å². The van der Waals surface area contributed by atoms with Crippen LogP contribution in [0.3, 0.4) is 0 Å². The number of piperidine rings is 1. The summed E-state index contributed by atoms with van der Waals surface area (Å²) in [5, 5.41) is 5.13. The zero-order valence-electron chi connectivity index (χ0n) is 18.8. The predicted octanol–water partition coefficient (Wildman–Crippen LogP) is 4.74. The van der Waals surface area contributed by atoms with Crippen LogP contribution in [-0.4, -0.2) is 43.8 Å². The highest BCUT2D eigenvalue weighted by atomic mass is 32.2. The molecule has 0 radical (unpaired) electrons. The number of nitrogens with one attached hydrogen (secondary N) is 1. The highest BCUT2D eigenvalue weighted by Crippen LogP contribution is 2.28. The Balaban J connectivity index is 1.44. The fourth-order valence-electron chi connectivity index (χ4n) is 4.12. The minimum absolute atomic E-state index is 0.205. The number of rotatable bonds is 6. The normalized spacial score (nSPS) is 19.2. The van der Waals surface area contributed by atoms with Gasteiger partial charge in [-0.3, -0.25) is 10.1 Å². The summed E-state index contributed by atoms with van der Waals surface area (Å²) < 4.78 is 32.8. The van der Waals surface area contributed by atoms with Crippen molar-refractivity contribution in [3.05, 3.63) is 59.5 Å². The number of thiazole rings is 1. The molecular weight excluding hydrogens is 458 g/mol. The molecule has 4 rings (SSSR count). The standard InChI is InChI=1S/C24H27N3O4S2/c1-16-12-17(2)14-27(13-16)33(29,30)21-10-6-19(7-11-21)23(28)26-24-25-22(15-32-24)18-4-8-20(31-3)9-5-18/h4-11,15-17H,12-14H2,1-3H3,(H,25,26,28)/t16-,17-/m0/s1. The molecule has 3 aromatic rings. The summed E-state index contributed by atoms with van der Waals surface area (Å²) in [5.74, 6) is 1.08. The van der Waals surface area contributed by atoms with E-state index in [1.807, 2.05) is 29.6 Å². The summed E-state index contributed by atoms with van der Waals surface area (Å²) in [4.78, 5) is 17.4. The summed E-state index contributed by atoms with van der Waals surface area (Å²) in [5.41, 5.74) is 2.04. The van der Waals surface area contributed by atoms with Crippen molar-refractivity contribution >= 4 is 32.4 Å². The number of ether oxygens (including phenoxy) is 1. The van der Waals surface area contributed by atoms with Gasteiger partial charge < -0.3 is 4.74 Å². The maximum absolute atomic E-state index is 13.0. The van der Waals surface area contributed by atoms with Crippen molar-refractivity contribution < 1.29 is 17.9 Å². The highest BCUT2D eigenvalue weighted by molar-refractivity contribution is 7.89. The van der Waals surface area contributed by atoms with Gasteiger partial charge in [-0.05, 0) is 66.8 Å². The number of nitrogens with zero attached hydrogens (tertiary/aromatic N) is 2. The van der Waals surface area contributed by atoms with Gasteiger partial charge >= 0.3 is 0 Å². The summed E-state index contributed by atoms with van der Waals surface area (Å²) in [6.45, 7) is 5.19. The van der Waals surface area contributed by atoms with E-state index >= 15 is 0 Å². The molecule has 174 valence electrons. The van der Waals surface area contributed by atoms with Crippen LogP contribution in [-0.2, 0) is 10.0 Å². The Morgan fingerprint density at radius 2 is 1.70 bits per heavy atom. The van der Waals surface area contributed by atoms with E-state index in [1.54, 1.807) is 11.4 Å². The molecule has 0 spiro atoms. The zero-order valence-corrected chi connectivity index (χ0v) is 20.4. The maximum Gasteiger partial charge on any atom is 0.257 e. The van der Waals surface area contributed by atoms with Gasteiger partial charge in [0.15, 0.2) is 5.13 Å². The molecular formula is C24H27N3O4S2. The van der Waals surface area contributed by atoms with E-state index in [1.165, 1.54) is 35.6 Å². The summed E-state index contributed by atoms with van der Waals surface area (Å²) in [6.07, 6.45) is 1.03. The van der Waals surface area contributed by atoms with Gasteiger partial charge in [-0.25, -0.2) is 13.4 Å². The van der Waals surface area contributed by atoms with Crippen molar-refractivity contribution in [3.63, 3.8) is 0 Å². The molecule has 0 aliphatic carbocycles. The van der Waals surface area contributed by atoms with Gasteiger partial charge in [-0.2, -0.15) is 4.31 Å². The van der Waals surface area contributed by atoms with E-state index in [9.17, 15) is 13.2 Å². The Hall–Kier alpha value is -2.75. The van der Waals surface area contributed by atoms with Crippen LogP contribution in [0.5, 0.6) is 5.75 Å². The second-order valence-electron chi connectivity index (χ2n) is 8.51. The quantitative estimate of drug-likeness (QED) is 0.545. The van der Waals surface area contributed by atoms with Crippen molar-refractivity contribution in [1.29, 1.82) is 0 Å². The average molecular weight is 486 g/mol. The first-order valence-electron chi connectivity index (χ1n) is 10.8. The van der Waals surface area contributed by atoms with Crippen LogP contribution in [0.4, 0.5) is 5.13 Å². The number of methoxy groups -OCH3 is 1. The Bertz CT molecular complexity index is 1210. The van der Waals surface area contributed by atoms with Crippen LogP contribution in [0.2, 0.25) is 0 Å². The Labute approximate surface area is 198 Å². The fraction of sp³-hybridized carbons (Fsp3) is 0.333. The van der Waals surface area contributed by atoms with Crippen LogP contribution in [0.1, 0.15) is 30.6 Å². The predicted molar refractivity (Wildman–Crippen MR) is 130 cm³/mol. The zero-order chi connectivity index (χ0) is 23.6. The van der Waals surface area contributed by atoms with Crippen LogP contribution < -0.4 is 10.1 Å². The average Bonchev–Trinajstić information content (AvgIpc) is 3.27. The van der Waals surface area contributed by atoms with Gasteiger partial charge in [0, 0.05) is 29.6 Å². The van der Waals surface area contributed by atoms with Crippen LogP contribution in [0, 0.1) is 11.8 Å². The summed E-state index contributed by atoms with van der Waals surface area (Å²) in [6, 6.07) is 13.6. The Morgan fingerprint density at radius 1 is 1.06 bits per heavy atom. The third kappa shape index (κ3) is 5.26. The van der Waals surface area contributed by atoms with E-state index in [-0.39, 0.29) is 10.8 Å². The molecule has 1 N–H and O–H groups in total. The van der Waals surface area contributed by atoms with Crippen molar-refractivity contribution in [3.8, 4) is 17.0 Å². The molecule has 2 atom stereocenters. The van der Waals surface area contributed by atoms with Crippen LogP contribution in [0.25, 0.3) is 11.3 Å². The lowest BCUT2D eigenvalue weighted by Gasteiger charge is -2.34. The van der Waals surface area contributed by atoms with Crippen LogP contribution in [0.15, 0.2) is 58.8 Å². The first-order valence-corrected chi connectivity index (χ1v) is 13.1. The summed E-state index contributed by atoms with van der Waals surface area (Å²) >= 11 is 1.33. The molecule has 0 bridgehead atoms. The molecule has 1 aliphatic rings. The number of anilines is 1. The fourth-order valence-corrected chi connectivity index (χ4v) is 6.52. The molecule has 1 saturated heterocycles.